The Bertz CT molecular complexity index is 3350. The highest BCUT2D eigenvalue weighted by atomic mass is 15.1. The number of benzene rings is 8. The lowest BCUT2D eigenvalue weighted by molar-refractivity contribution is 1.13. The summed E-state index contributed by atoms with van der Waals surface area (Å²) < 4.78 is 6.85. The van der Waals surface area contributed by atoms with Gasteiger partial charge in [-0.3, -0.25) is 0 Å². The van der Waals surface area contributed by atoms with Gasteiger partial charge in [-0.1, -0.05) is 109 Å². The fraction of sp³-hybridized carbons (Fsp3) is 0. The van der Waals surface area contributed by atoms with Gasteiger partial charge in [-0.2, -0.15) is 10.5 Å². The third-order valence-electron chi connectivity index (χ3n) is 11.1. The van der Waals surface area contributed by atoms with Gasteiger partial charge in [0.05, 0.1) is 61.7 Å². The van der Waals surface area contributed by atoms with Crippen LogP contribution in [0.5, 0.6) is 0 Å². The second-order valence-corrected chi connectivity index (χ2v) is 14.0. The maximum absolute atomic E-state index is 10.5. The summed E-state index contributed by atoms with van der Waals surface area (Å²) in [7, 11) is 0. The molecule has 55 heavy (non-hydrogen) atoms. The topological polar surface area (TPSA) is 62.4 Å². The molecular weight excluding hydrogens is 671 g/mol. The highest BCUT2D eigenvalue weighted by molar-refractivity contribution is 6.15. The summed E-state index contributed by atoms with van der Waals surface area (Å²) in [5, 5.41) is 27.4. The third kappa shape index (κ3) is 4.45. The molecule has 0 atom stereocenters. The molecule has 0 aliphatic heterocycles. The van der Waals surface area contributed by atoms with Crippen molar-refractivity contribution >= 4 is 65.4 Å². The Hall–Kier alpha value is -7.86. The van der Waals surface area contributed by atoms with Gasteiger partial charge in [0.2, 0.25) is 0 Å². The van der Waals surface area contributed by atoms with Crippen molar-refractivity contribution in [2.75, 3.05) is 0 Å². The fourth-order valence-electron chi connectivity index (χ4n) is 8.73. The van der Waals surface area contributed by atoms with E-state index < -0.39 is 0 Å². The molecule has 3 aromatic heterocycles. The van der Waals surface area contributed by atoms with Crippen LogP contribution < -0.4 is 0 Å². The average molecular weight is 700 g/mol. The Morgan fingerprint density at radius 1 is 0.345 bits per heavy atom. The molecular formula is C50H29N5. The van der Waals surface area contributed by atoms with Gasteiger partial charge in [-0.05, 0) is 77.9 Å². The molecule has 11 aromatic rings. The summed E-state index contributed by atoms with van der Waals surface area (Å²) in [6.45, 7) is 0. The normalized spacial score (nSPS) is 11.6. The van der Waals surface area contributed by atoms with E-state index in [4.69, 9.17) is 0 Å². The first-order valence-corrected chi connectivity index (χ1v) is 18.3. The van der Waals surface area contributed by atoms with Gasteiger partial charge in [0, 0.05) is 38.0 Å². The summed E-state index contributed by atoms with van der Waals surface area (Å²) in [5.74, 6) is 0. The molecule has 5 heteroatoms. The number of aromatic nitrogens is 3. The molecule has 11 rings (SSSR count). The fourth-order valence-corrected chi connectivity index (χ4v) is 8.73. The van der Waals surface area contributed by atoms with Gasteiger partial charge < -0.3 is 13.7 Å². The Kier molecular flexibility index (Phi) is 6.61. The van der Waals surface area contributed by atoms with Crippen molar-refractivity contribution in [3.63, 3.8) is 0 Å². The van der Waals surface area contributed by atoms with Crippen LogP contribution >= 0.6 is 0 Å². The Balaban J connectivity index is 1.09. The molecule has 8 aromatic carbocycles. The van der Waals surface area contributed by atoms with E-state index in [0.717, 1.165) is 82.8 Å². The molecule has 5 nitrogen and oxygen atoms in total. The van der Waals surface area contributed by atoms with Gasteiger partial charge >= 0.3 is 0 Å². The second kappa shape index (κ2) is 11.8. The first kappa shape index (κ1) is 30.7. The minimum Gasteiger partial charge on any atom is -0.308 e. The number of para-hydroxylation sites is 5. The third-order valence-corrected chi connectivity index (χ3v) is 11.1. The zero-order chi connectivity index (χ0) is 36.6. The van der Waals surface area contributed by atoms with Crippen molar-refractivity contribution < 1.29 is 0 Å². The van der Waals surface area contributed by atoms with Crippen LogP contribution in [0.2, 0.25) is 0 Å². The molecule has 0 radical (unpaired) electrons. The zero-order valence-corrected chi connectivity index (χ0v) is 29.5. The van der Waals surface area contributed by atoms with Crippen LogP contribution in [0.15, 0.2) is 176 Å². The molecule has 0 aliphatic carbocycles. The van der Waals surface area contributed by atoms with Gasteiger partial charge in [0.15, 0.2) is 0 Å². The molecule has 0 bridgehead atoms. The molecule has 0 aliphatic rings. The lowest BCUT2D eigenvalue weighted by Crippen LogP contribution is -2.01. The van der Waals surface area contributed by atoms with Crippen molar-refractivity contribution in [2.24, 2.45) is 0 Å². The number of fused-ring (bicyclic) bond motifs is 9. The molecule has 0 fully saturated rings. The maximum Gasteiger partial charge on any atom is 0.101 e. The SMILES string of the molecule is N#Cc1ccc2c3cccc(-n4c5ccccc5c5ccccc54)c3n(-c3ccc(-c4ccc(-n5c6ccccc6c6ccccc65)c(C#N)c4)cc3)c2c1. The van der Waals surface area contributed by atoms with E-state index in [1.54, 1.807) is 0 Å². The predicted octanol–water partition coefficient (Wildman–Crippen LogP) is 12.4. The molecule has 0 amide bonds. The number of hydrogen-bond acceptors (Lipinski definition) is 2. The minimum atomic E-state index is 0.607. The maximum atomic E-state index is 10.5. The Labute approximate surface area is 316 Å². The van der Waals surface area contributed by atoms with E-state index in [-0.39, 0.29) is 0 Å². The summed E-state index contributed by atoms with van der Waals surface area (Å²) in [4.78, 5) is 0. The number of nitrogens with zero attached hydrogens (tertiary/aromatic N) is 5. The molecule has 0 saturated carbocycles. The van der Waals surface area contributed by atoms with E-state index >= 15 is 0 Å². The number of rotatable bonds is 4. The van der Waals surface area contributed by atoms with Gasteiger partial charge in [-0.15, -0.1) is 0 Å². The summed E-state index contributed by atoms with van der Waals surface area (Å²) in [5.41, 5.74) is 12.5. The van der Waals surface area contributed by atoms with E-state index in [2.05, 4.69) is 171 Å². The highest BCUT2D eigenvalue weighted by Gasteiger charge is 2.21. The molecule has 3 heterocycles. The molecule has 0 saturated heterocycles. The monoisotopic (exact) mass is 699 g/mol. The average Bonchev–Trinajstić information content (AvgIpc) is 3.89. The highest BCUT2D eigenvalue weighted by Crippen LogP contribution is 2.40. The lowest BCUT2D eigenvalue weighted by Gasteiger charge is -2.15. The smallest absolute Gasteiger partial charge is 0.101 e. The van der Waals surface area contributed by atoms with Crippen LogP contribution in [0.3, 0.4) is 0 Å². The van der Waals surface area contributed by atoms with Crippen LogP contribution in [0.4, 0.5) is 0 Å². The van der Waals surface area contributed by atoms with Crippen LogP contribution in [0.1, 0.15) is 11.1 Å². The van der Waals surface area contributed by atoms with Gasteiger partial charge in [0.25, 0.3) is 0 Å². The van der Waals surface area contributed by atoms with Crippen LogP contribution in [0, 0.1) is 22.7 Å². The van der Waals surface area contributed by atoms with Crippen molar-refractivity contribution in [1.29, 1.82) is 10.5 Å². The van der Waals surface area contributed by atoms with Crippen molar-refractivity contribution in [3.05, 3.63) is 187 Å². The molecule has 254 valence electrons. The summed E-state index contributed by atoms with van der Waals surface area (Å²) in [6.07, 6.45) is 0. The Morgan fingerprint density at radius 3 is 1.42 bits per heavy atom. The quantitative estimate of drug-likeness (QED) is 0.184. The number of nitriles is 2. The summed E-state index contributed by atoms with van der Waals surface area (Å²) >= 11 is 0. The van der Waals surface area contributed by atoms with Crippen LogP contribution in [0.25, 0.3) is 93.6 Å². The lowest BCUT2D eigenvalue weighted by atomic mass is 10.0. The standard InChI is InChI=1S/C50H29N5/c51-30-32-20-26-41-42-14-9-19-48(55-46-17-7-3-12-39(46)40-13-4-8-18-47(40)55)50(42)53(49(41)28-32)36-24-21-33(22-25-36)34-23-27-43(35(29-34)31-52)54-44-15-5-1-10-37(44)38-11-2-6-16-45(38)54/h1-29H. The second-order valence-electron chi connectivity index (χ2n) is 14.0. The van der Waals surface area contributed by atoms with E-state index in [0.29, 0.717) is 11.1 Å². The zero-order valence-electron chi connectivity index (χ0n) is 29.5. The predicted molar refractivity (Wildman–Crippen MR) is 224 cm³/mol. The minimum absolute atomic E-state index is 0.607. The molecule has 0 N–H and O–H groups in total. The van der Waals surface area contributed by atoms with Crippen molar-refractivity contribution in [2.45, 2.75) is 0 Å². The van der Waals surface area contributed by atoms with Gasteiger partial charge in [0.1, 0.15) is 6.07 Å². The van der Waals surface area contributed by atoms with Crippen molar-refractivity contribution in [1.82, 2.24) is 13.7 Å². The summed E-state index contributed by atoms with van der Waals surface area (Å²) in [6, 6.07) is 65.9. The first-order valence-electron chi connectivity index (χ1n) is 18.3. The van der Waals surface area contributed by atoms with Crippen molar-refractivity contribution in [3.8, 4) is 40.3 Å². The Morgan fingerprint density at radius 2 is 0.855 bits per heavy atom. The number of hydrogen-bond donors (Lipinski definition) is 0. The largest absolute Gasteiger partial charge is 0.308 e. The van der Waals surface area contributed by atoms with E-state index in [1.807, 2.05) is 30.3 Å². The molecule has 0 unspecified atom stereocenters. The first-order chi connectivity index (χ1) is 27.2. The van der Waals surface area contributed by atoms with E-state index in [9.17, 15) is 10.5 Å². The van der Waals surface area contributed by atoms with E-state index in [1.165, 1.54) is 10.8 Å². The molecule has 0 spiro atoms. The van der Waals surface area contributed by atoms with Gasteiger partial charge in [-0.25, -0.2) is 0 Å². The van der Waals surface area contributed by atoms with Crippen LogP contribution in [-0.4, -0.2) is 13.7 Å². The van der Waals surface area contributed by atoms with Crippen LogP contribution in [-0.2, 0) is 0 Å².